The molecule has 1 N–H and O–H groups in total. The topological polar surface area (TPSA) is 120 Å². The van der Waals surface area contributed by atoms with Crippen molar-refractivity contribution in [3.8, 4) is 5.75 Å². The van der Waals surface area contributed by atoms with E-state index in [0.717, 1.165) is 24.2 Å². The molecular formula is C13H15K2NO7S. The molecule has 0 saturated heterocycles. The second-order valence-electron chi connectivity index (χ2n) is 3.98. The van der Waals surface area contributed by atoms with Gasteiger partial charge in [-0.1, -0.05) is 0 Å². The van der Waals surface area contributed by atoms with Gasteiger partial charge in [0.15, 0.2) is 0 Å². The number of aromatic carboxylic acids is 2. The third kappa shape index (κ3) is 11.2. The van der Waals surface area contributed by atoms with Gasteiger partial charge in [0.1, 0.15) is 12.5 Å². The first-order valence-electron chi connectivity index (χ1n) is 6.28. The summed E-state index contributed by atoms with van der Waals surface area (Å²) in [5.41, 5.74) is -0.939. The number of rotatable bonds is 11. The summed E-state index contributed by atoms with van der Waals surface area (Å²) in [5, 5.41) is 24.6. The Morgan fingerprint density at radius 1 is 1.17 bits per heavy atom. The van der Waals surface area contributed by atoms with Crippen LogP contribution in [0.1, 0.15) is 27.1 Å². The molecule has 0 atom stereocenters. The molecule has 0 saturated carbocycles. The minimum absolute atomic E-state index is 0. The summed E-state index contributed by atoms with van der Waals surface area (Å²) in [6, 6.07) is 3.52. The molecule has 0 bridgehead atoms. The van der Waals surface area contributed by atoms with Crippen LogP contribution < -0.4 is 123 Å². The van der Waals surface area contributed by atoms with Gasteiger partial charge in [0.2, 0.25) is 0 Å². The van der Waals surface area contributed by atoms with E-state index in [9.17, 15) is 19.8 Å². The van der Waals surface area contributed by atoms with Crippen molar-refractivity contribution in [2.45, 2.75) is 6.42 Å². The summed E-state index contributed by atoms with van der Waals surface area (Å²) in [6.07, 6.45) is 2.43. The number of ether oxygens (including phenoxy) is 1. The maximum Gasteiger partial charge on any atom is 1.00 e. The minimum atomic E-state index is -1.61. The summed E-state index contributed by atoms with van der Waals surface area (Å²) in [7, 11) is 0. The molecule has 24 heavy (non-hydrogen) atoms. The van der Waals surface area contributed by atoms with Gasteiger partial charge in [0.05, 0.1) is 18.5 Å². The largest absolute Gasteiger partial charge is 1.00 e. The molecule has 0 spiro atoms. The number of carboxylic acids is 2. The maximum atomic E-state index is 10.9. The van der Waals surface area contributed by atoms with E-state index in [0.29, 0.717) is 19.6 Å². The zero-order chi connectivity index (χ0) is 16.4. The van der Waals surface area contributed by atoms with Crippen molar-refractivity contribution in [2.75, 3.05) is 26.1 Å². The predicted molar refractivity (Wildman–Crippen MR) is 73.8 cm³/mol. The third-order valence-corrected chi connectivity index (χ3v) is 2.70. The first kappa shape index (κ1) is 27.7. The Kier molecular flexibility index (Phi) is 19.2. The zero-order valence-electron chi connectivity index (χ0n) is 13.8. The Labute approximate surface area is 229 Å². The van der Waals surface area contributed by atoms with Crippen molar-refractivity contribution in [1.29, 1.82) is 0 Å². The van der Waals surface area contributed by atoms with Crippen molar-refractivity contribution in [3.63, 3.8) is 0 Å². The molecule has 1 aromatic carbocycles. The van der Waals surface area contributed by atoms with Gasteiger partial charge in [-0.25, -0.2) is 4.89 Å². The molecule has 0 amide bonds. The molecule has 1 aromatic rings. The molecule has 0 aliphatic heterocycles. The van der Waals surface area contributed by atoms with Crippen LogP contribution in [-0.2, 0) is 9.22 Å². The molecule has 0 heterocycles. The van der Waals surface area contributed by atoms with Crippen LogP contribution in [-0.4, -0.2) is 38.1 Å². The first-order chi connectivity index (χ1) is 10.6. The van der Waals surface area contributed by atoms with E-state index in [-0.39, 0.29) is 115 Å². The first-order valence-corrected chi connectivity index (χ1v) is 7.43. The van der Waals surface area contributed by atoms with Gasteiger partial charge in [-0.15, -0.1) is 0 Å². The van der Waals surface area contributed by atoms with Crippen molar-refractivity contribution < 1.29 is 137 Å². The van der Waals surface area contributed by atoms with Gasteiger partial charge >= 0.3 is 103 Å². The molecule has 0 aliphatic rings. The summed E-state index contributed by atoms with van der Waals surface area (Å²) in [6.45, 7) is 1.14. The van der Waals surface area contributed by atoms with Crippen molar-refractivity contribution in [1.82, 2.24) is 5.32 Å². The number of carboxylic acid groups (broad SMARTS) is 2. The summed E-state index contributed by atoms with van der Waals surface area (Å²) in [5.74, 6) is -2.99. The zero-order valence-corrected chi connectivity index (χ0v) is 20.9. The molecule has 0 aliphatic carbocycles. The number of benzene rings is 1. The SMILES string of the molecule is CSOOCCCNCOc1ccc(C(=O)[O-])c(C(=O)[O-])c1.[K+].[K+]. The number of hydrogen-bond donors (Lipinski definition) is 1. The Morgan fingerprint density at radius 2 is 1.83 bits per heavy atom. The van der Waals surface area contributed by atoms with Crippen molar-refractivity contribution >= 4 is 24.0 Å². The fourth-order valence-electron chi connectivity index (χ4n) is 1.50. The average molecular weight is 408 g/mol. The minimum Gasteiger partial charge on any atom is -0.545 e. The van der Waals surface area contributed by atoms with E-state index < -0.39 is 23.1 Å². The number of carbonyl (C=O) groups is 2. The molecule has 0 aromatic heterocycles. The second kappa shape index (κ2) is 16.6. The molecule has 8 nitrogen and oxygen atoms in total. The molecule has 0 fully saturated rings. The third-order valence-electron chi connectivity index (χ3n) is 2.47. The van der Waals surface area contributed by atoms with E-state index in [1.54, 1.807) is 6.26 Å². The number of carbonyl (C=O) groups excluding carboxylic acids is 2. The summed E-state index contributed by atoms with van der Waals surface area (Å²) < 4.78 is 9.89. The van der Waals surface area contributed by atoms with E-state index >= 15 is 0 Å². The maximum absolute atomic E-state index is 10.9. The summed E-state index contributed by atoms with van der Waals surface area (Å²) in [4.78, 5) is 26.4. The van der Waals surface area contributed by atoms with Crippen molar-refractivity contribution in [2.24, 2.45) is 0 Å². The van der Waals surface area contributed by atoms with Crippen LogP contribution in [0.25, 0.3) is 0 Å². The Hall–Kier alpha value is 1.46. The molecule has 0 radical (unpaired) electrons. The molecule has 0 unspecified atom stereocenters. The predicted octanol–water partition coefficient (Wildman–Crippen LogP) is -7.04. The second-order valence-corrected chi connectivity index (χ2v) is 4.45. The molecular weight excluding hydrogens is 392 g/mol. The molecule has 11 heteroatoms. The van der Waals surface area contributed by atoms with Crippen LogP contribution in [0.5, 0.6) is 5.75 Å². The number of nitrogens with one attached hydrogen (secondary N) is 1. The van der Waals surface area contributed by atoms with Crippen LogP contribution in [0.15, 0.2) is 18.2 Å². The van der Waals surface area contributed by atoms with Crippen molar-refractivity contribution in [3.05, 3.63) is 29.3 Å². The van der Waals surface area contributed by atoms with Crippen LogP contribution in [0.2, 0.25) is 0 Å². The standard InChI is InChI=1S/C13H17NO7S.2K/c1-22-21-20-6-2-5-14-8-19-9-3-4-10(12(15)16)11(7-9)13(17)18;;/h3-4,7,14H,2,5-6,8H2,1H3,(H,15,16)(H,17,18);;/q;2*+1/p-2. The monoisotopic (exact) mass is 407 g/mol. The average Bonchev–Trinajstić information content (AvgIpc) is 2.49. The van der Waals surface area contributed by atoms with Gasteiger partial charge in [-0.2, -0.15) is 4.33 Å². The van der Waals surface area contributed by atoms with Gasteiger partial charge in [-0.05, 0) is 24.6 Å². The van der Waals surface area contributed by atoms with Crippen LogP contribution in [0.4, 0.5) is 0 Å². The van der Waals surface area contributed by atoms with Gasteiger partial charge in [-0.3, -0.25) is 5.32 Å². The van der Waals surface area contributed by atoms with E-state index in [4.69, 9.17) is 9.62 Å². The summed E-state index contributed by atoms with van der Waals surface area (Å²) >= 11 is 1.11. The van der Waals surface area contributed by atoms with Crippen LogP contribution in [0.3, 0.4) is 0 Å². The normalized spacial score (nSPS) is 9.54. The quantitative estimate of drug-likeness (QED) is 0.0953. The van der Waals surface area contributed by atoms with E-state index in [1.165, 1.54) is 6.07 Å². The van der Waals surface area contributed by atoms with Crippen LogP contribution >= 0.6 is 12.0 Å². The molecule has 1 rings (SSSR count). The van der Waals surface area contributed by atoms with Gasteiger partial charge in [0.25, 0.3) is 0 Å². The fraction of sp³-hybridized carbons (Fsp3) is 0.385. The van der Waals surface area contributed by atoms with Gasteiger partial charge in [0, 0.05) is 36.0 Å². The van der Waals surface area contributed by atoms with E-state index in [1.807, 2.05) is 0 Å². The van der Waals surface area contributed by atoms with Gasteiger partial charge < -0.3 is 24.5 Å². The fourth-order valence-corrected chi connectivity index (χ4v) is 1.67. The van der Waals surface area contributed by atoms with E-state index in [2.05, 4.69) is 9.65 Å². The number of hydrogen-bond acceptors (Lipinski definition) is 9. The Balaban J connectivity index is 0. The smallest absolute Gasteiger partial charge is 0.545 e. The Morgan fingerprint density at radius 3 is 2.42 bits per heavy atom. The Bertz CT molecular complexity index is 519. The van der Waals surface area contributed by atoms with Crippen LogP contribution in [0, 0.1) is 0 Å². The molecule has 122 valence electrons.